The molecule has 1 atom stereocenters. The minimum Gasteiger partial charge on any atom is -0.490 e. The first-order valence-corrected chi connectivity index (χ1v) is 9.79. The lowest BCUT2D eigenvalue weighted by Gasteiger charge is -2.16. The van der Waals surface area contributed by atoms with Crippen LogP contribution < -0.4 is 14.2 Å². The van der Waals surface area contributed by atoms with Crippen molar-refractivity contribution in [3.05, 3.63) is 22.2 Å². The van der Waals surface area contributed by atoms with Crippen molar-refractivity contribution in [1.82, 2.24) is 4.72 Å². The topological polar surface area (TPSA) is 108 Å². The lowest BCUT2D eigenvalue weighted by molar-refractivity contribution is -0.387. The van der Waals surface area contributed by atoms with Crippen LogP contribution in [0.1, 0.15) is 40.0 Å². The summed E-state index contributed by atoms with van der Waals surface area (Å²) in [5, 5.41) is 11.4. The third-order valence-corrected chi connectivity index (χ3v) is 5.47. The zero-order chi connectivity index (χ0) is 18.6. The molecule has 1 aromatic carbocycles. The summed E-state index contributed by atoms with van der Waals surface area (Å²) in [5.74, 6) is 0.841. The van der Waals surface area contributed by atoms with Gasteiger partial charge in [-0.2, -0.15) is 0 Å². The standard InChI is InChI=1S/C16H24N2O6S/c1-11(2)5-6-12(3)17-25(21,22)16-10-15-14(9-13(16)18(19)20)23-7-4-8-24-15/h9-12,17H,4-8H2,1-3H3. The molecule has 0 saturated carbocycles. The number of hydrogen-bond acceptors (Lipinski definition) is 6. The Kier molecular flexibility index (Phi) is 6.23. The maximum atomic E-state index is 12.7. The highest BCUT2D eigenvalue weighted by Crippen LogP contribution is 2.38. The summed E-state index contributed by atoms with van der Waals surface area (Å²) in [6.07, 6.45) is 2.12. The fraction of sp³-hybridized carbons (Fsp3) is 0.625. The molecule has 2 rings (SSSR count). The van der Waals surface area contributed by atoms with Crippen molar-refractivity contribution < 1.29 is 22.8 Å². The molecule has 0 radical (unpaired) electrons. The minimum atomic E-state index is -4.06. The average molecular weight is 372 g/mol. The number of benzene rings is 1. The smallest absolute Gasteiger partial charge is 0.293 e. The second-order valence-electron chi connectivity index (χ2n) is 6.57. The number of fused-ring (bicyclic) bond motifs is 1. The number of nitro groups is 1. The molecule has 1 unspecified atom stereocenters. The lowest BCUT2D eigenvalue weighted by Crippen LogP contribution is -2.33. The largest absolute Gasteiger partial charge is 0.490 e. The molecule has 8 nitrogen and oxygen atoms in total. The highest BCUT2D eigenvalue weighted by Gasteiger charge is 2.30. The van der Waals surface area contributed by atoms with Gasteiger partial charge in [0.05, 0.1) is 24.2 Å². The predicted molar refractivity (Wildman–Crippen MR) is 92.6 cm³/mol. The number of nitro benzene ring substituents is 1. The van der Waals surface area contributed by atoms with Crippen molar-refractivity contribution in [2.24, 2.45) is 5.92 Å². The maximum Gasteiger partial charge on any atom is 0.293 e. The van der Waals surface area contributed by atoms with Gasteiger partial charge in [-0.05, 0) is 25.7 Å². The number of nitrogens with zero attached hydrogens (tertiary/aromatic N) is 1. The van der Waals surface area contributed by atoms with Crippen LogP contribution in [0, 0.1) is 16.0 Å². The van der Waals surface area contributed by atoms with Crippen LogP contribution in [0.2, 0.25) is 0 Å². The van der Waals surface area contributed by atoms with Gasteiger partial charge in [0.2, 0.25) is 10.0 Å². The van der Waals surface area contributed by atoms with Crippen molar-refractivity contribution in [3.8, 4) is 11.5 Å². The summed E-state index contributed by atoms with van der Waals surface area (Å²) in [6.45, 7) is 6.57. The van der Waals surface area contributed by atoms with E-state index in [4.69, 9.17) is 9.47 Å². The van der Waals surface area contributed by atoms with Gasteiger partial charge in [0.15, 0.2) is 16.4 Å². The van der Waals surface area contributed by atoms with Crippen molar-refractivity contribution >= 4 is 15.7 Å². The Morgan fingerprint density at radius 2 is 1.76 bits per heavy atom. The van der Waals surface area contributed by atoms with Crippen molar-refractivity contribution in [2.45, 2.75) is 51.0 Å². The van der Waals surface area contributed by atoms with E-state index in [2.05, 4.69) is 18.6 Å². The predicted octanol–water partition coefficient (Wildman–Crippen LogP) is 2.86. The Hall–Kier alpha value is -1.87. The third-order valence-electron chi connectivity index (χ3n) is 3.85. The summed E-state index contributed by atoms with van der Waals surface area (Å²) < 4.78 is 38.7. The van der Waals surface area contributed by atoms with E-state index in [0.717, 1.165) is 12.5 Å². The quantitative estimate of drug-likeness (QED) is 0.582. The molecule has 1 aromatic rings. The van der Waals surface area contributed by atoms with Gasteiger partial charge in [-0.25, -0.2) is 13.1 Å². The number of rotatable bonds is 7. The van der Waals surface area contributed by atoms with E-state index >= 15 is 0 Å². The molecule has 9 heteroatoms. The fourth-order valence-corrected chi connectivity index (χ4v) is 3.95. The molecular formula is C16H24N2O6S. The van der Waals surface area contributed by atoms with E-state index < -0.39 is 25.5 Å². The summed E-state index contributed by atoms with van der Waals surface area (Å²) in [6, 6.07) is 1.97. The minimum absolute atomic E-state index is 0.191. The highest BCUT2D eigenvalue weighted by atomic mass is 32.2. The third kappa shape index (κ3) is 5.05. The summed E-state index contributed by atoms with van der Waals surface area (Å²) in [7, 11) is -4.06. The van der Waals surface area contributed by atoms with Crippen LogP contribution in [0.3, 0.4) is 0 Å². The van der Waals surface area contributed by atoms with Gasteiger partial charge in [0.25, 0.3) is 5.69 Å². The first-order valence-electron chi connectivity index (χ1n) is 8.31. The molecule has 0 aromatic heterocycles. The van der Waals surface area contributed by atoms with Crippen LogP contribution in [0.25, 0.3) is 0 Å². The Balaban J connectivity index is 2.35. The molecule has 0 aliphatic carbocycles. The summed E-state index contributed by atoms with van der Waals surface area (Å²) in [5.41, 5.74) is -0.521. The van der Waals surface area contributed by atoms with Crippen LogP contribution >= 0.6 is 0 Å². The van der Waals surface area contributed by atoms with Crippen LogP contribution in [0.4, 0.5) is 5.69 Å². The van der Waals surface area contributed by atoms with Gasteiger partial charge in [-0.1, -0.05) is 13.8 Å². The van der Waals surface area contributed by atoms with E-state index in [1.54, 1.807) is 6.92 Å². The van der Waals surface area contributed by atoms with Gasteiger partial charge in [0, 0.05) is 18.5 Å². The molecule has 0 spiro atoms. The Morgan fingerprint density at radius 3 is 2.32 bits per heavy atom. The van der Waals surface area contributed by atoms with Gasteiger partial charge in [0.1, 0.15) is 0 Å². The molecular weight excluding hydrogens is 348 g/mol. The maximum absolute atomic E-state index is 12.7. The average Bonchev–Trinajstić information content (AvgIpc) is 2.75. The lowest BCUT2D eigenvalue weighted by atomic mass is 10.1. The monoisotopic (exact) mass is 372 g/mol. The van der Waals surface area contributed by atoms with Gasteiger partial charge >= 0.3 is 0 Å². The number of hydrogen-bond donors (Lipinski definition) is 1. The van der Waals surface area contributed by atoms with Crippen LogP contribution in [-0.2, 0) is 10.0 Å². The summed E-state index contributed by atoms with van der Waals surface area (Å²) >= 11 is 0. The molecule has 1 heterocycles. The molecule has 1 aliphatic heterocycles. The number of ether oxygens (including phenoxy) is 2. The number of nitrogens with one attached hydrogen (secondary N) is 1. The van der Waals surface area contributed by atoms with Crippen LogP contribution in [-0.4, -0.2) is 32.6 Å². The van der Waals surface area contributed by atoms with Crippen molar-refractivity contribution in [3.63, 3.8) is 0 Å². The van der Waals surface area contributed by atoms with Crippen LogP contribution in [0.5, 0.6) is 11.5 Å². The Labute approximate surface area is 147 Å². The van der Waals surface area contributed by atoms with Crippen molar-refractivity contribution in [2.75, 3.05) is 13.2 Å². The second kappa shape index (κ2) is 8.01. The zero-order valence-electron chi connectivity index (χ0n) is 14.6. The summed E-state index contributed by atoms with van der Waals surface area (Å²) in [4.78, 5) is 10.2. The molecule has 0 bridgehead atoms. The number of sulfonamides is 1. The molecule has 25 heavy (non-hydrogen) atoms. The first kappa shape index (κ1) is 19.5. The van der Waals surface area contributed by atoms with E-state index in [-0.39, 0.29) is 17.5 Å². The molecule has 0 amide bonds. The van der Waals surface area contributed by atoms with Gasteiger partial charge in [-0.15, -0.1) is 0 Å². The van der Waals surface area contributed by atoms with Gasteiger partial charge < -0.3 is 9.47 Å². The zero-order valence-corrected chi connectivity index (χ0v) is 15.5. The Morgan fingerprint density at radius 1 is 1.16 bits per heavy atom. The normalized spacial score (nSPS) is 15.7. The van der Waals surface area contributed by atoms with E-state index in [9.17, 15) is 18.5 Å². The van der Waals surface area contributed by atoms with E-state index in [0.29, 0.717) is 32.0 Å². The highest BCUT2D eigenvalue weighted by molar-refractivity contribution is 7.89. The van der Waals surface area contributed by atoms with E-state index in [1.165, 1.54) is 6.07 Å². The van der Waals surface area contributed by atoms with Gasteiger partial charge in [-0.3, -0.25) is 10.1 Å². The SMILES string of the molecule is CC(C)CCC(C)NS(=O)(=O)c1cc2c(cc1[N+](=O)[O-])OCCCO2. The fourth-order valence-electron chi connectivity index (χ4n) is 2.51. The second-order valence-corrected chi connectivity index (χ2v) is 8.25. The van der Waals surface area contributed by atoms with E-state index in [1.807, 2.05) is 0 Å². The van der Waals surface area contributed by atoms with Crippen molar-refractivity contribution in [1.29, 1.82) is 0 Å². The molecule has 1 N–H and O–H groups in total. The molecule has 1 aliphatic rings. The molecule has 0 fully saturated rings. The molecule has 0 saturated heterocycles. The first-order chi connectivity index (χ1) is 11.7. The van der Waals surface area contributed by atoms with Crippen LogP contribution in [0.15, 0.2) is 17.0 Å². The molecule has 140 valence electrons. The Bertz CT molecular complexity index is 732.